The second-order valence-corrected chi connectivity index (χ2v) is 15.2. The average molecular weight is 584 g/mol. The molecule has 1 aliphatic rings. The number of hydrogen-bond acceptors (Lipinski definition) is 9. The molecule has 0 saturated heterocycles. The zero-order chi connectivity index (χ0) is 28.0. The molecule has 0 N–H and O–H groups in total. The van der Waals surface area contributed by atoms with Crippen molar-refractivity contribution in [2.45, 2.75) is 86.4 Å². The number of nitrogens with zero attached hydrogens (tertiary/aromatic N) is 3. The zero-order valence-corrected chi connectivity index (χ0v) is 26.4. The number of rotatable bonds is 13. The molecule has 38 heavy (non-hydrogen) atoms. The smallest absolute Gasteiger partial charge is 0.354 e. The fourth-order valence-corrected chi connectivity index (χ4v) is 10.5. The van der Waals surface area contributed by atoms with Gasteiger partial charge >= 0.3 is 15.3 Å². The fourth-order valence-electron chi connectivity index (χ4n) is 3.50. The molecular formula is C26H40N3O6P3. The van der Waals surface area contributed by atoms with Gasteiger partial charge in [-0.1, -0.05) is 24.3 Å². The van der Waals surface area contributed by atoms with Gasteiger partial charge in [0, 0.05) is 6.92 Å². The van der Waals surface area contributed by atoms with Crippen molar-refractivity contribution in [2.75, 3.05) is 6.61 Å². The molecule has 0 spiro atoms. The van der Waals surface area contributed by atoms with Crippen LogP contribution in [0.1, 0.15) is 59.6 Å². The van der Waals surface area contributed by atoms with Crippen LogP contribution in [0.4, 0.5) is 0 Å². The summed E-state index contributed by atoms with van der Waals surface area (Å²) < 4.78 is 52.3. The van der Waals surface area contributed by atoms with E-state index in [0.717, 1.165) is 11.1 Å². The highest BCUT2D eigenvalue weighted by atomic mass is 31.3. The van der Waals surface area contributed by atoms with Crippen LogP contribution in [0.2, 0.25) is 0 Å². The average Bonchev–Trinajstić information content (AvgIpc) is 2.76. The lowest BCUT2D eigenvalue weighted by Gasteiger charge is -2.36. The molecule has 12 heteroatoms. The van der Waals surface area contributed by atoms with Gasteiger partial charge in [0.05, 0.1) is 18.3 Å². The summed E-state index contributed by atoms with van der Waals surface area (Å²) in [6.07, 6.45) is -0.600. The van der Waals surface area contributed by atoms with Gasteiger partial charge in [-0.25, -0.2) is 0 Å². The van der Waals surface area contributed by atoms with E-state index >= 15 is 0 Å². The SMILES string of the molecule is Cc1cccc(OCC(C)(Oc2cccc(C)c2)OP2(OC(C)C)=NP=NP(OC(C)C)(OC(C)C)=N2)c1. The molecule has 0 radical (unpaired) electrons. The molecule has 0 fully saturated rings. The van der Waals surface area contributed by atoms with Gasteiger partial charge in [-0.15, -0.1) is 4.52 Å². The normalized spacial score (nSPS) is 20.6. The maximum atomic E-state index is 6.70. The molecule has 2 aromatic rings. The third kappa shape index (κ3) is 9.27. The van der Waals surface area contributed by atoms with Gasteiger partial charge < -0.3 is 23.0 Å². The van der Waals surface area contributed by atoms with Crippen LogP contribution in [0.3, 0.4) is 0 Å². The van der Waals surface area contributed by atoms with E-state index in [4.69, 9.17) is 32.1 Å². The highest BCUT2D eigenvalue weighted by Gasteiger charge is 2.43. The third-order valence-electron chi connectivity index (χ3n) is 4.70. The van der Waals surface area contributed by atoms with Crippen molar-refractivity contribution in [2.24, 2.45) is 13.5 Å². The van der Waals surface area contributed by atoms with Gasteiger partial charge in [0.2, 0.25) is 5.79 Å². The van der Waals surface area contributed by atoms with Crippen molar-refractivity contribution >= 4 is 23.8 Å². The third-order valence-corrected chi connectivity index (χ3v) is 11.7. The van der Waals surface area contributed by atoms with E-state index in [2.05, 4.69) is 9.03 Å². The molecule has 0 amide bonds. The lowest BCUT2D eigenvalue weighted by molar-refractivity contribution is -0.126. The number of benzene rings is 2. The van der Waals surface area contributed by atoms with Crippen molar-refractivity contribution in [3.8, 4) is 11.5 Å². The Morgan fingerprint density at radius 1 is 0.789 bits per heavy atom. The van der Waals surface area contributed by atoms with Crippen LogP contribution in [0, 0.1) is 13.8 Å². The fraction of sp³-hybridized carbons (Fsp3) is 0.538. The van der Waals surface area contributed by atoms with Crippen LogP contribution >= 0.6 is 23.8 Å². The Bertz CT molecular complexity index is 1220. The minimum Gasteiger partial charge on any atom is -0.487 e. The molecular weight excluding hydrogens is 543 g/mol. The van der Waals surface area contributed by atoms with E-state index in [1.54, 1.807) is 6.92 Å². The standard InChI is InChI=1S/C26H40N3O6P3/c1-19(2)32-37(33-20(3)4)27-36-28-38(29-37,34-21(5)6)35-26(9,31-25-15-11-13-23(8)17-25)18-30-24-14-10-12-22(7)16-24/h10-17,19-21H,18H2,1-9H3. The Morgan fingerprint density at radius 2 is 1.32 bits per heavy atom. The molecule has 0 bridgehead atoms. The van der Waals surface area contributed by atoms with Crippen LogP contribution in [0.5, 0.6) is 11.5 Å². The first kappa shape index (κ1) is 31.0. The molecule has 0 aromatic heterocycles. The first-order valence-electron chi connectivity index (χ1n) is 12.7. The topological polar surface area (TPSA) is 92.5 Å². The lowest BCUT2D eigenvalue weighted by Crippen LogP contribution is -2.41. The summed E-state index contributed by atoms with van der Waals surface area (Å²) in [5.74, 6) is -0.00501. The summed E-state index contributed by atoms with van der Waals surface area (Å²) in [7, 11) is -6.06. The molecule has 2 unspecified atom stereocenters. The van der Waals surface area contributed by atoms with Crippen molar-refractivity contribution < 1.29 is 27.6 Å². The van der Waals surface area contributed by atoms with Crippen molar-refractivity contribution in [1.82, 2.24) is 0 Å². The monoisotopic (exact) mass is 583 g/mol. The molecule has 9 nitrogen and oxygen atoms in total. The van der Waals surface area contributed by atoms with E-state index < -0.39 is 21.1 Å². The highest BCUT2D eigenvalue weighted by molar-refractivity contribution is 7.72. The molecule has 1 heterocycles. The maximum Gasteiger partial charge on any atom is 0.354 e. The summed E-state index contributed by atoms with van der Waals surface area (Å²) in [4.78, 5) is 0. The molecule has 2 atom stereocenters. The van der Waals surface area contributed by atoms with E-state index in [9.17, 15) is 0 Å². The van der Waals surface area contributed by atoms with E-state index in [0.29, 0.717) is 20.0 Å². The van der Waals surface area contributed by atoms with Gasteiger partial charge in [0.15, 0.2) is 15.1 Å². The Labute approximate surface area is 229 Å². The van der Waals surface area contributed by atoms with Crippen molar-refractivity contribution in [3.05, 3.63) is 59.7 Å². The quantitative estimate of drug-likeness (QED) is 0.172. The second-order valence-electron chi connectivity index (χ2n) is 10.1. The summed E-state index contributed by atoms with van der Waals surface area (Å²) >= 11 is 0. The minimum absolute atomic E-state index is 0.0498. The number of ether oxygens (including phenoxy) is 2. The maximum absolute atomic E-state index is 6.70. The van der Waals surface area contributed by atoms with Crippen LogP contribution < -0.4 is 9.47 Å². The first-order valence-corrected chi connectivity index (χ1v) is 16.6. The molecule has 3 rings (SSSR count). The van der Waals surface area contributed by atoms with Crippen LogP contribution in [0.25, 0.3) is 0 Å². The summed E-state index contributed by atoms with van der Waals surface area (Å²) in [6.45, 7) is 17.4. The molecule has 210 valence electrons. The Morgan fingerprint density at radius 3 is 1.87 bits per heavy atom. The minimum atomic E-state index is -3.34. The predicted octanol–water partition coefficient (Wildman–Crippen LogP) is 9.72. The largest absolute Gasteiger partial charge is 0.487 e. The lowest BCUT2D eigenvalue weighted by atomic mass is 10.2. The number of aryl methyl sites for hydroxylation is 2. The summed E-state index contributed by atoms with van der Waals surface area (Å²) in [6, 6.07) is 15.5. The van der Waals surface area contributed by atoms with Crippen LogP contribution in [-0.2, 0) is 18.1 Å². The van der Waals surface area contributed by atoms with Crippen LogP contribution in [-0.4, -0.2) is 30.7 Å². The van der Waals surface area contributed by atoms with Crippen molar-refractivity contribution in [1.29, 1.82) is 0 Å². The van der Waals surface area contributed by atoms with Gasteiger partial charge in [-0.05, 0) is 90.8 Å². The van der Waals surface area contributed by atoms with Crippen LogP contribution in [0.15, 0.2) is 62.1 Å². The number of hydrogen-bond donors (Lipinski definition) is 0. The highest BCUT2D eigenvalue weighted by Crippen LogP contribution is 2.73. The Hall–Kier alpha value is -1.56. The zero-order valence-electron chi connectivity index (χ0n) is 23.7. The van der Waals surface area contributed by atoms with Gasteiger partial charge in [-0.2, -0.15) is 9.03 Å². The van der Waals surface area contributed by atoms with Gasteiger partial charge in [0.1, 0.15) is 11.5 Å². The second kappa shape index (κ2) is 13.2. The Balaban J connectivity index is 2.07. The van der Waals surface area contributed by atoms with Gasteiger partial charge in [-0.3, -0.25) is 4.52 Å². The first-order chi connectivity index (χ1) is 17.8. The molecule has 1 aliphatic heterocycles. The molecule has 0 aliphatic carbocycles. The van der Waals surface area contributed by atoms with E-state index in [1.807, 2.05) is 104 Å². The van der Waals surface area contributed by atoms with E-state index in [1.165, 1.54) is 0 Å². The van der Waals surface area contributed by atoms with Crippen molar-refractivity contribution in [3.63, 3.8) is 0 Å². The van der Waals surface area contributed by atoms with E-state index in [-0.39, 0.29) is 24.9 Å². The summed E-state index contributed by atoms with van der Waals surface area (Å²) in [5.41, 5.74) is 2.14. The predicted molar refractivity (Wildman–Crippen MR) is 155 cm³/mol. The Kier molecular flexibility index (Phi) is 10.8. The molecule has 2 aromatic carbocycles. The summed E-state index contributed by atoms with van der Waals surface area (Å²) in [5, 5.41) is 0. The molecule has 0 saturated carbocycles. The van der Waals surface area contributed by atoms with Gasteiger partial charge in [0.25, 0.3) is 0 Å².